The van der Waals surface area contributed by atoms with Crippen LogP contribution >= 0.6 is 0 Å². The lowest BCUT2D eigenvalue weighted by atomic mass is 10.1. The molecule has 0 aliphatic heterocycles. The first-order valence-corrected chi connectivity index (χ1v) is 5.93. The summed E-state index contributed by atoms with van der Waals surface area (Å²) >= 11 is 0. The van der Waals surface area contributed by atoms with Crippen LogP contribution in [0.4, 0.5) is 0 Å². The van der Waals surface area contributed by atoms with Crippen LogP contribution in [0.15, 0.2) is 36.7 Å². The first-order valence-electron chi connectivity index (χ1n) is 5.93. The summed E-state index contributed by atoms with van der Waals surface area (Å²) in [6, 6.07) is 8.57. The van der Waals surface area contributed by atoms with Gasteiger partial charge in [-0.05, 0) is 37.1 Å². The number of aromatic nitrogens is 2. The molecule has 0 amide bonds. The van der Waals surface area contributed by atoms with E-state index in [4.69, 9.17) is 5.73 Å². The Balaban J connectivity index is 2.13. The van der Waals surface area contributed by atoms with Gasteiger partial charge in [-0.1, -0.05) is 12.1 Å². The normalized spacial score (nSPS) is 11.4. The van der Waals surface area contributed by atoms with Gasteiger partial charge < -0.3 is 10.7 Å². The van der Waals surface area contributed by atoms with Gasteiger partial charge in [0.15, 0.2) is 0 Å². The number of fused-ring (bicyclic) bond motifs is 3. The smallest absolute Gasteiger partial charge is 0.0495 e. The second-order valence-electron chi connectivity index (χ2n) is 4.32. The van der Waals surface area contributed by atoms with Crippen molar-refractivity contribution in [1.82, 2.24) is 9.97 Å². The zero-order valence-electron chi connectivity index (χ0n) is 9.61. The molecule has 2 heterocycles. The second kappa shape index (κ2) is 4.18. The average Bonchev–Trinajstić information content (AvgIpc) is 2.74. The number of nitrogens with zero attached hydrogens (tertiary/aromatic N) is 1. The zero-order chi connectivity index (χ0) is 11.7. The maximum Gasteiger partial charge on any atom is 0.0495 e. The van der Waals surface area contributed by atoms with Crippen LogP contribution in [0.5, 0.6) is 0 Å². The van der Waals surface area contributed by atoms with Crippen LogP contribution in [0.25, 0.3) is 21.8 Å². The molecule has 0 radical (unpaired) electrons. The van der Waals surface area contributed by atoms with Gasteiger partial charge in [0.05, 0.1) is 0 Å². The van der Waals surface area contributed by atoms with Crippen LogP contribution in [0.3, 0.4) is 0 Å². The van der Waals surface area contributed by atoms with Crippen LogP contribution in [-0.4, -0.2) is 16.5 Å². The number of rotatable bonds is 3. The summed E-state index contributed by atoms with van der Waals surface area (Å²) in [5, 5.41) is 2.43. The molecule has 3 aromatic rings. The van der Waals surface area contributed by atoms with E-state index >= 15 is 0 Å². The molecule has 3 rings (SSSR count). The highest BCUT2D eigenvalue weighted by atomic mass is 14.7. The molecule has 3 heteroatoms. The van der Waals surface area contributed by atoms with Crippen molar-refractivity contribution in [3.63, 3.8) is 0 Å². The third kappa shape index (κ3) is 1.78. The molecule has 0 aliphatic rings. The summed E-state index contributed by atoms with van der Waals surface area (Å²) in [5.41, 5.74) is 9.20. The molecular formula is C14H15N3. The fourth-order valence-corrected chi connectivity index (χ4v) is 2.25. The Bertz CT molecular complexity index is 655. The number of nitrogens with two attached hydrogens (primary N) is 1. The van der Waals surface area contributed by atoms with Crippen LogP contribution < -0.4 is 5.73 Å². The van der Waals surface area contributed by atoms with E-state index in [9.17, 15) is 0 Å². The van der Waals surface area contributed by atoms with Crippen molar-refractivity contribution in [2.24, 2.45) is 5.73 Å². The van der Waals surface area contributed by atoms with Gasteiger partial charge in [0.2, 0.25) is 0 Å². The van der Waals surface area contributed by atoms with E-state index in [1.165, 1.54) is 21.9 Å². The molecule has 17 heavy (non-hydrogen) atoms. The van der Waals surface area contributed by atoms with Crippen molar-refractivity contribution in [3.05, 3.63) is 42.2 Å². The topological polar surface area (TPSA) is 54.7 Å². The Labute approximate surface area is 99.7 Å². The van der Waals surface area contributed by atoms with Crippen LogP contribution in [-0.2, 0) is 6.42 Å². The van der Waals surface area contributed by atoms with Gasteiger partial charge in [-0.25, -0.2) is 0 Å². The summed E-state index contributed by atoms with van der Waals surface area (Å²) in [4.78, 5) is 7.59. The van der Waals surface area contributed by atoms with Gasteiger partial charge in [0.1, 0.15) is 0 Å². The van der Waals surface area contributed by atoms with Gasteiger partial charge in [0.25, 0.3) is 0 Å². The lowest BCUT2D eigenvalue weighted by molar-refractivity contribution is 0.833. The highest BCUT2D eigenvalue weighted by Gasteiger charge is 2.04. The highest BCUT2D eigenvalue weighted by Crippen LogP contribution is 2.25. The van der Waals surface area contributed by atoms with E-state index in [2.05, 4.69) is 28.2 Å². The monoisotopic (exact) mass is 225 g/mol. The minimum absolute atomic E-state index is 0.745. The van der Waals surface area contributed by atoms with E-state index in [-0.39, 0.29) is 0 Å². The Kier molecular flexibility index (Phi) is 2.53. The number of hydrogen-bond acceptors (Lipinski definition) is 2. The summed E-state index contributed by atoms with van der Waals surface area (Å²) < 4.78 is 0. The summed E-state index contributed by atoms with van der Waals surface area (Å²) in [6.07, 6.45) is 5.80. The van der Waals surface area contributed by atoms with Crippen LogP contribution in [0, 0.1) is 0 Å². The van der Waals surface area contributed by atoms with Crippen molar-refractivity contribution >= 4 is 21.8 Å². The molecule has 0 spiro atoms. The fourth-order valence-electron chi connectivity index (χ4n) is 2.25. The Hall–Kier alpha value is -1.87. The quantitative estimate of drug-likeness (QED) is 0.720. The number of nitrogens with one attached hydrogen (secondary N) is 1. The molecule has 0 fully saturated rings. The van der Waals surface area contributed by atoms with Crippen LogP contribution in [0.1, 0.15) is 12.0 Å². The van der Waals surface area contributed by atoms with Gasteiger partial charge in [0, 0.05) is 34.2 Å². The van der Waals surface area contributed by atoms with Crippen molar-refractivity contribution in [2.75, 3.05) is 6.54 Å². The molecule has 0 unspecified atom stereocenters. The summed E-state index contributed by atoms with van der Waals surface area (Å²) in [5.74, 6) is 0. The molecule has 0 saturated carbocycles. The molecule has 1 aromatic carbocycles. The van der Waals surface area contributed by atoms with Crippen molar-refractivity contribution in [1.29, 1.82) is 0 Å². The first kappa shape index (κ1) is 10.3. The number of hydrogen-bond donors (Lipinski definition) is 2. The second-order valence-corrected chi connectivity index (χ2v) is 4.32. The average molecular weight is 225 g/mol. The molecule has 0 saturated heterocycles. The minimum atomic E-state index is 0.745. The van der Waals surface area contributed by atoms with Gasteiger partial charge in [-0.2, -0.15) is 0 Å². The van der Waals surface area contributed by atoms with Crippen molar-refractivity contribution in [3.8, 4) is 0 Å². The number of H-pyrrole nitrogens is 1. The lowest BCUT2D eigenvalue weighted by Gasteiger charge is -1.99. The van der Waals surface area contributed by atoms with Crippen LogP contribution in [0.2, 0.25) is 0 Å². The fraction of sp³-hybridized carbons (Fsp3) is 0.214. The molecule has 0 bridgehead atoms. The van der Waals surface area contributed by atoms with Gasteiger partial charge in [-0.15, -0.1) is 0 Å². The standard InChI is InChI=1S/C14H15N3/c15-6-1-2-10-3-4-11-12-9-16-7-5-13(12)17-14(11)8-10/h3-5,7-9,17H,1-2,6,15H2. The molecule has 0 atom stereocenters. The largest absolute Gasteiger partial charge is 0.354 e. The maximum atomic E-state index is 5.53. The number of benzene rings is 1. The van der Waals surface area contributed by atoms with E-state index < -0.39 is 0 Å². The zero-order valence-corrected chi connectivity index (χ0v) is 9.61. The SMILES string of the molecule is NCCCc1ccc2c(c1)[nH]c1ccncc12. The van der Waals surface area contributed by atoms with E-state index in [0.717, 1.165) is 24.9 Å². The van der Waals surface area contributed by atoms with Crippen molar-refractivity contribution in [2.45, 2.75) is 12.8 Å². The van der Waals surface area contributed by atoms with E-state index in [1.54, 1.807) is 0 Å². The molecule has 86 valence electrons. The van der Waals surface area contributed by atoms with Gasteiger partial charge in [-0.3, -0.25) is 4.98 Å². The summed E-state index contributed by atoms with van der Waals surface area (Å²) in [6.45, 7) is 0.745. The Morgan fingerprint density at radius 3 is 2.94 bits per heavy atom. The maximum absolute atomic E-state index is 5.53. The Morgan fingerprint density at radius 1 is 1.12 bits per heavy atom. The highest BCUT2D eigenvalue weighted by molar-refractivity contribution is 6.06. The number of pyridine rings is 1. The molecule has 2 aromatic heterocycles. The van der Waals surface area contributed by atoms with E-state index in [1.807, 2.05) is 18.5 Å². The number of aryl methyl sites for hydroxylation is 1. The lowest BCUT2D eigenvalue weighted by Crippen LogP contribution is -2.00. The Morgan fingerprint density at radius 2 is 2.06 bits per heavy atom. The number of aromatic amines is 1. The third-order valence-corrected chi connectivity index (χ3v) is 3.13. The predicted molar refractivity (Wildman–Crippen MR) is 71.0 cm³/mol. The molecule has 3 nitrogen and oxygen atoms in total. The molecule has 0 aliphatic carbocycles. The minimum Gasteiger partial charge on any atom is -0.354 e. The molecule has 3 N–H and O–H groups in total. The first-order chi connectivity index (χ1) is 8.38. The predicted octanol–water partition coefficient (Wildman–Crippen LogP) is 2.61. The van der Waals surface area contributed by atoms with E-state index in [0.29, 0.717) is 0 Å². The molecular weight excluding hydrogens is 210 g/mol. The van der Waals surface area contributed by atoms with Gasteiger partial charge >= 0.3 is 0 Å². The summed E-state index contributed by atoms with van der Waals surface area (Å²) in [7, 11) is 0. The van der Waals surface area contributed by atoms with Crippen molar-refractivity contribution < 1.29 is 0 Å². The third-order valence-electron chi connectivity index (χ3n) is 3.13.